The minimum Gasteiger partial charge on any atom is -0.492 e. The van der Waals surface area contributed by atoms with Crippen LogP contribution in [-0.2, 0) is 6.54 Å². The molecule has 0 bridgehead atoms. The number of benzene rings is 1. The molecule has 1 N–H and O–H groups in total. The van der Waals surface area contributed by atoms with Crippen LogP contribution in [-0.4, -0.2) is 22.8 Å². The van der Waals surface area contributed by atoms with Crippen molar-refractivity contribution in [1.29, 1.82) is 0 Å². The van der Waals surface area contributed by atoms with Gasteiger partial charge in [0.1, 0.15) is 17.9 Å². The molecule has 3 aromatic rings. The van der Waals surface area contributed by atoms with Gasteiger partial charge in [-0.2, -0.15) is 4.98 Å². The number of ether oxygens (including phenoxy) is 1. The van der Waals surface area contributed by atoms with E-state index in [1.807, 2.05) is 19.1 Å². The molecule has 0 spiro atoms. The van der Waals surface area contributed by atoms with E-state index in [9.17, 15) is 4.79 Å². The lowest BCUT2D eigenvalue weighted by Crippen LogP contribution is -2.31. The van der Waals surface area contributed by atoms with Gasteiger partial charge in [-0.05, 0) is 38.0 Å². The Kier molecular flexibility index (Phi) is 5.20. The van der Waals surface area contributed by atoms with Crippen molar-refractivity contribution in [2.75, 3.05) is 6.61 Å². The summed E-state index contributed by atoms with van der Waals surface area (Å²) in [5, 5.41) is 8.26. The van der Waals surface area contributed by atoms with Crippen molar-refractivity contribution in [2.45, 2.75) is 51.1 Å². The number of fused-ring (bicyclic) bond motifs is 1. The van der Waals surface area contributed by atoms with E-state index in [0.717, 1.165) is 24.1 Å². The molecule has 2 heterocycles. The smallest absolute Gasteiger partial charge is 0.336 e. The van der Waals surface area contributed by atoms with Gasteiger partial charge < -0.3 is 19.0 Å². The Morgan fingerprint density at radius 3 is 2.93 bits per heavy atom. The van der Waals surface area contributed by atoms with Gasteiger partial charge in [-0.3, -0.25) is 0 Å². The molecule has 1 aromatic carbocycles. The summed E-state index contributed by atoms with van der Waals surface area (Å²) in [6.07, 6.45) is 4.77. The SMILES string of the molecule is CC(COc1ccc2ccc(=O)oc2c1)NCc1noc(C2CCCC2)n1. The van der Waals surface area contributed by atoms with E-state index in [4.69, 9.17) is 13.7 Å². The molecular weight excluding hydrogens is 346 g/mol. The highest BCUT2D eigenvalue weighted by atomic mass is 16.5. The predicted octanol–water partition coefficient (Wildman–Crippen LogP) is 3.39. The van der Waals surface area contributed by atoms with E-state index in [0.29, 0.717) is 36.2 Å². The van der Waals surface area contributed by atoms with E-state index in [-0.39, 0.29) is 11.7 Å². The van der Waals surface area contributed by atoms with E-state index in [1.54, 1.807) is 12.1 Å². The summed E-state index contributed by atoms with van der Waals surface area (Å²) in [6.45, 7) is 3.03. The Balaban J connectivity index is 1.28. The number of hydrogen-bond donors (Lipinski definition) is 1. The average Bonchev–Trinajstić information content (AvgIpc) is 3.35. The summed E-state index contributed by atoms with van der Waals surface area (Å²) in [5.41, 5.74) is 0.152. The fourth-order valence-corrected chi connectivity index (χ4v) is 3.35. The molecule has 1 atom stereocenters. The number of hydrogen-bond acceptors (Lipinski definition) is 7. The van der Waals surface area contributed by atoms with Crippen LogP contribution in [0.1, 0.15) is 50.2 Å². The molecule has 1 aliphatic rings. The first-order chi connectivity index (χ1) is 13.2. The van der Waals surface area contributed by atoms with Gasteiger partial charge in [-0.25, -0.2) is 4.79 Å². The molecule has 1 unspecified atom stereocenters. The maximum Gasteiger partial charge on any atom is 0.336 e. The van der Waals surface area contributed by atoms with Gasteiger partial charge in [0.05, 0.1) is 6.54 Å². The van der Waals surface area contributed by atoms with Gasteiger partial charge in [0.2, 0.25) is 5.89 Å². The quantitative estimate of drug-likeness (QED) is 0.638. The molecular formula is C20H23N3O4. The van der Waals surface area contributed by atoms with E-state index < -0.39 is 0 Å². The van der Waals surface area contributed by atoms with Gasteiger partial charge in [-0.1, -0.05) is 18.0 Å². The molecule has 0 radical (unpaired) electrons. The highest BCUT2D eigenvalue weighted by molar-refractivity contribution is 5.77. The molecule has 4 rings (SSSR count). The Bertz CT molecular complexity index is 959. The maximum atomic E-state index is 11.3. The lowest BCUT2D eigenvalue weighted by molar-refractivity contribution is 0.270. The van der Waals surface area contributed by atoms with Crippen LogP contribution >= 0.6 is 0 Å². The summed E-state index contributed by atoms with van der Waals surface area (Å²) in [4.78, 5) is 15.8. The van der Waals surface area contributed by atoms with Gasteiger partial charge in [0.15, 0.2) is 5.82 Å². The van der Waals surface area contributed by atoms with Crippen molar-refractivity contribution in [3.8, 4) is 5.75 Å². The second-order valence-corrected chi connectivity index (χ2v) is 7.08. The Morgan fingerprint density at radius 1 is 1.26 bits per heavy atom. The van der Waals surface area contributed by atoms with Crippen LogP contribution < -0.4 is 15.7 Å². The summed E-state index contributed by atoms with van der Waals surface area (Å²) in [7, 11) is 0. The monoisotopic (exact) mass is 369 g/mol. The molecule has 0 aliphatic heterocycles. The predicted molar refractivity (Wildman–Crippen MR) is 99.8 cm³/mol. The Hall–Kier alpha value is -2.67. The van der Waals surface area contributed by atoms with Crippen LogP contribution in [0, 0.1) is 0 Å². The maximum absolute atomic E-state index is 11.3. The first kappa shape index (κ1) is 17.7. The van der Waals surface area contributed by atoms with E-state index >= 15 is 0 Å². The molecule has 1 fully saturated rings. The number of rotatable bonds is 7. The highest BCUT2D eigenvalue weighted by Gasteiger charge is 2.22. The number of aromatic nitrogens is 2. The van der Waals surface area contributed by atoms with Crippen LogP contribution in [0.3, 0.4) is 0 Å². The van der Waals surface area contributed by atoms with Crippen LogP contribution in [0.15, 0.2) is 44.1 Å². The standard InChI is InChI=1S/C20H23N3O4/c1-13(21-11-18-22-20(27-23-18)15-4-2-3-5-15)12-25-16-8-6-14-7-9-19(24)26-17(14)10-16/h6-10,13,15,21H,2-5,11-12H2,1H3. The van der Waals surface area contributed by atoms with E-state index in [1.165, 1.54) is 18.9 Å². The zero-order valence-electron chi connectivity index (χ0n) is 15.3. The lowest BCUT2D eigenvalue weighted by Gasteiger charge is -2.14. The summed E-state index contributed by atoms with van der Waals surface area (Å²) in [5.74, 6) is 2.54. The van der Waals surface area contributed by atoms with Crippen LogP contribution in [0.25, 0.3) is 11.0 Å². The molecule has 0 saturated heterocycles. The van der Waals surface area contributed by atoms with Crippen molar-refractivity contribution < 1.29 is 13.7 Å². The third kappa shape index (κ3) is 4.36. The average molecular weight is 369 g/mol. The fourth-order valence-electron chi connectivity index (χ4n) is 3.35. The molecule has 1 saturated carbocycles. The summed E-state index contributed by atoms with van der Waals surface area (Å²) >= 11 is 0. The van der Waals surface area contributed by atoms with Crippen LogP contribution in [0.4, 0.5) is 0 Å². The van der Waals surface area contributed by atoms with Gasteiger partial charge in [0, 0.05) is 29.5 Å². The Labute approximate surface area is 156 Å². The number of nitrogens with one attached hydrogen (secondary N) is 1. The van der Waals surface area contributed by atoms with Gasteiger partial charge >= 0.3 is 5.63 Å². The van der Waals surface area contributed by atoms with Crippen molar-refractivity contribution in [3.05, 3.63) is 52.5 Å². The molecule has 7 heteroatoms. The molecule has 27 heavy (non-hydrogen) atoms. The third-order valence-corrected chi connectivity index (χ3v) is 4.89. The topological polar surface area (TPSA) is 90.4 Å². The summed E-state index contributed by atoms with van der Waals surface area (Å²) in [6, 6.07) is 8.70. The van der Waals surface area contributed by atoms with Crippen LogP contribution in [0.5, 0.6) is 5.75 Å². The third-order valence-electron chi connectivity index (χ3n) is 4.89. The molecule has 2 aromatic heterocycles. The molecule has 0 amide bonds. The molecule has 1 aliphatic carbocycles. The zero-order chi connectivity index (χ0) is 18.6. The lowest BCUT2D eigenvalue weighted by atomic mass is 10.1. The minimum absolute atomic E-state index is 0.0944. The second kappa shape index (κ2) is 7.92. The van der Waals surface area contributed by atoms with Crippen molar-refractivity contribution in [1.82, 2.24) is 15.5 Å². The fraction of sp³-hybridized carbons (Fsp3) is 0.450. The normalized spacial score (nSPS) is 16.0. The largest absolute Gasteiger partial charge is 0.492 e. The number of nitrogens with zero attached hydrogens (tertiary/aromatic N) is 2. The first-order valence-corrected chi connectivity index (χ1v) is 9.40. The van der Waals surface area contributed by atoms with Crippen molar-refractivity contribution >= 4 is 11.0 Å². The highest BCUT2D eigenvalue weighted by Crippen LogP contribution is 2.32. The molecule has 7 nitrogen and oxygen atoms in total. The summed E-state index contributed by atoms with van der Waals surface area (Å²) < 4.78 is 16.4. The Morgan fingerprint density at radius 2 is 2.07 bits per heavy atom. The van der Waals surface area contributed by atoms with Crippen LogP contribution in [0.2, 0.25) is 0 Å². The first-order valence-electron chi connectivity index (χ1n) is 9.40. The van der Waals surface area contributed by atoms with Gasteiger partial charge in [-0.15, -0.1) is 0 Å². The second-order valence-electron chi connectivity index (χ2n) is 7.08. The minimum atomic E-state index is -0.369. The molecule has 142 valence electrons. The van der Waals surface area contributed by atoms with Crippen molar-refractivity contribution in [3.63, 3.8) is 0 Å². The van der Waals surface area contributed by atoms with E-state index in [2.05, 4.69) is 15.5 Å². The van der Waals surface area contributed by atoms with Crippen molar-refractivity contribution in [2.24, 2.45) is 0 Å². The van der Waals surface area contributed by atoms with Gasteiger partial charge in [0.25, 0.3) is 0 Å². The zero-order valence-corrected chi connectivity index (χ0v) is 15.3.